The number of hydrogen-bond donors (Lipinski definition) is 1. The quantitative estimate of drug-likeness (QED) is 0.844. The summed E-state index contributed by atoms with van der Waals surface area (Å²) in [7, 11) is 0. The van der Waals surface area contributed by atoms with Gasteiger partial charge in [0.15, 0.2) is 0 Å². The maximum Gasteiger partial charge on any atom is 0.346 e. The number of carboxylic acid groups (broad SMARTS) is 1. The third-order valence-electron chi connectivity index (χ3n) is 2.17. The monoisotopic (exact) mass is 318 g/mol. The number of benzene rings is 1. The molecule has 17 heavy (non-hydrogen) atoms. The molecule has 2 rings (SSSR count). The fraction of sp³-hybridized carbons (Fsp3) is 0. The van der Waals surface area contributed by atoms with Crippen molar-refractivity contribution in [3.63, 3.8) is 0 Å². The lowest BCUT2D eigenvalue weighted by Gasteiger charge is -2.06. The van der Waals surface area contributed by atoms with Crippen molar-refractivity contribution in [2.24, 2.45) is 0 Å². The number of carboxylic acids is 1. The maximum absolute atomic E-state index is 13.8. The van der Waals surface area contributed by atoms with Gasteiger partial charge in [-0.3, -0.25) is 0 Å². The van der Waals surface area contributed by atoms with Gasteiger partial charge in [0.1, 0.15) is 16.5 Å². The maximum atomic E-state index is 13.8. The number of carbonyl (C=O) groups is 1. The Balaban J connectivity index is 2.72. The predicted octanol–water partition coefficient (Wildman–Crippen LogP) is 4.15. The van der Waals surface area contributed by atoms with Crippen LogP contribution in [0.25, 0.3) is 11.1 Å². The summed E-state index contributed by atoms with van der Waals surface area (Å²) in [5, 5.41) is 10.4. The average molecular weight is 319 g/mol. The predicted molar refractivity (Wildman–Crippen MR) is 64.3 cm³/mol. The summed E-state index contributed by atoms with van der Waals surface area (Å²) in [5.41, 5.74) is -0.267. The molecule has 0 spiro atoms. The fourth-order valence-corrected chi connectivity index (χ4v) is 2.51. The van der Waals surface area contributed by atoms with Gasteiger partial charge in [-0.05, 0) is 39.5 Å². The number of thiophene rings is 1. The van der Waals surface area contributed by atoms with Gasteiger partial charge in [-0.15, -0.1) is 11.3 Å². The van der Waals surface area contributed by atoms with E-state index in [9.17, 15) is 13.6 Å². The van der Waals surface area contributed by atoms with E-state index in [1.54, 1.807) is 0 Å². The summed E-state index contributed by atoms with van der Waals surface area (Å²) in [4.78, 5) is 10.8. The van der Waals surface area contributed by atoms with Crippen molar-refractivity contribution < 1.29 is 18.7 Å². The summed E-state index contributed by atoms with van der Waals surface area (Å²) in [6, 6.07) is 3.72. The van der Waals surface area contributed by atoms with Gasteiger partial charge in [-0.25, -0.2) is 13.6 Å². The van der Waals surface area contributed by atoms with Crippen LogP contribution in [-0.2, 0) is 0 Å². The van der Waals surface area contributed by atoms with Gasteiger partial charge in [-0.2, -0.15) is 0 Å². The Bertz CT molecular complexity index is 595. The average Bonchev–Trinajstić information content (AvgIpc) is 2.73. The molecule has 0 aliphatic rings. The van der Waals surface area contributed by atoms with Gasteiger partial charge in [0.25, 0.3) is 0 Å². The number of halogens is 3. The Labute approximate surface area is 108 Å². The molecule has 88 valence electrons. The SMILES string of the molecule is O=C(O)c1sccc1-c1c(F)ccc(Br)c1F. The van der Waals surface area contributed by atoms with Crippen molar-refractivity contribution in [3.05, 3.63) is 44.6 Å². The summed E-state index contributed by atoms with van der Waals surface area (Å²) < 4.78 is 27.5. The van der Waals surface area contributed by atoms with Gasteiger partial charge in [0, 0.05) is 5.56 Å². The van der Waals surface area contributed by atoms with Crippen LogP contribution in [0.15, 0.2) is 28.1 Å². The summed E-state index contributed by atoms with van der Waals surface area (Å²) in [5.74, 6) is -2.79. The molecule has 2 nitrogen and oxygen atoms in total. The second kappa shape index (κ2) is 4.54. The highest BCUT2D eigenvalue weighted by atomic mass is 79.9. The van der Waals surface area contributed by atoms with Crippen LogP contribution in [0.1, 0.15) is 9.67 Å². The highest BCUT2D eigenvalue weighted by Gasteiger charge is 2.21. The highest BCUT2D eigenvalue weighted by molar-refractivity contribution is 9.10. The van der Waals surface area contributed by atoms with Crippen LogP contribution < -0.4 is 0 Å². The molecule has 0 atom stereocenters. The first kappa shape index (κ1) is 12.2. The smallest absolute Gasteiger partial charge is 0.346 e. The van der Waals surface area contributed by atoms with Crippen LogP contribution in [0.4, 0.5) is 8.78 Å². The molecule has 1 heterocycles. The summed E-state index contributed by atoms with van der Waals surface area (Å²) >= 11 is 3.87. The topological polar surface area (TPSA) is 37.3 Å². The molecular weight excluding hydrogens is 314 g/mol. The Morgan fingerprint density at radius 1 is 1.29 bits per heavy atom. The Kier molecular flexibility index (Phi) is 3.26. The number of aromatic carboxylic acids is 1. The van der Waals surface area contributed by atoms with Crippen molar-refractivity contribution in [2.75, 3.05) is 0 Å². The molecule has 0 saturated heterocycles. The van der Waals surface area contributed by atoms with Gasteiger partial charge in [0.05, 0.1) is 10.0 Å². The van der Waals surface area contributed by atoms with E-state index < -0.39 is 17.6 Å². The largest absolute Gasteiger partial charge is 0.477 e. The lowest BCUT2D eigenvalue weighted by molar-refractivity contribution is 0.0703. The van der Waals surface area contributed by atoms with Gasteiger partial charge < -0.3 is 5.11 Å². The zero-order valence-electron chi connectivity index (χ0n) is 8.21. The molecule has 0 saturated carbocycles. The molecule has 0 radical (unpaired) electrons. The van der Waals surface area contributed by atoms with E-state index in [0.29, 0.717) is 0 Å². The van der Waals surface area contributed by atoms with Crippen LogP contribution in [0, 0.1) is 11.6 Å². The van der Waals surface area contributed by atoms with Crippen molar-refractivity contribution in [1.82, 2.24) is 0 Å². The lowest BCUT2D eigenvalue weighted by atomic mass is 10.1. The minimum absolute atomic E-state index is 0.0544. The third kappa shape index (κ3) is 2.10. The molecule has 0 fully saturated rings. The molecular formula is C11H5BrF2O2S. The van der Waals surface area contributed by atoms with E-state index in [0.717, 1.165) is 17.4 Å². The zero-order chi connectivity index (χ0) is 12.6. The van der Waals surface area contributed by atoms with E-state index >= 15 is 0 Å². The van der Waals surface area contributed by atoms with E-state index in [-0.39, 0.29) is 20.5 Å². The molecule has 1 N–H and O–H groups in total. The zero-order valence-corrected chi connectivity index (χ0v) is 10.6. The standard InChI is InChI=1S/C11H5BrF2O2S/c12-6-1-2-7(13)8(9(6)14)5-3-4-17-10(5)11(15)16/h1-4H,(H,15,16). The molecule has 0 bridgehead atoms. The first-order valence-electron chi connectivity index (χ1n) is 4.47. The Morgan fingerprint density at radius 3 is 2.65 bits per heavy atom. The first-order chi connectivity index (χ1) is 8.02. The van der Waals surface area contributed by atoms with E-state index in [1.165, 1.54) is 17.5 Å². The van der Waals surface area contributed by atoms with Crippen molar-refractivity contribution in [1.29, 1.82) is 0 Å². The van der Waals surface area contributed by atoms with Crippen LogP contribution in [0.2, 0.25) is 0 Å². The second-order valence-corrected chi connectivity index (χ2v) is 4.96. The van der Waals surface area contributed by atoms with E-state index in [1.807, 2.05) is 0 Å². The molecule has 0 amide bonds. The molecule has 0 unspecified atom stereocenters. The van der Waals surface area contributed by atoms with Gasteiger partial charge in [0.2, 0.25) is 0 Å². The van der Waals surface area contributed by atoms with Crippen molar-refractivity contribution >= 4 is 33.2 Å². The van der Waals surface area contributed by atoms with Crippen LogP contribution in [0.5, 0.6) is 0 Å². The van der Waals surface area contributed by atoms with Crippen molar-refractivity contribution in [2.45, 2.75) is 0 Å². The molecule has 6 heteroatoms. The third-order valence-corrected chi connectivity index (χ3v) is 3.69. The second-order valence-electron chi connectivity index (χ2n) is 3.19. The van der Waals surface area contributed by atoms with Gasteiger partial charge >= 0.3 is 5.97 Å². The first-order valence-corrected chi connectivity index (χ1v) is 6.14. The molecule has 0 aliphatic heterocycles. The molecule has 1 aromatic heterocycles. The van der Waals surface area contributed by atoms with Crippen LogP contribution in [0.3, 0.4) is 0 Å². The van der Waals surface area contributed by atoms with Crippen LogP contribution in [-0.4, -0.2) is 11.1 Å². The highest BCUT2D eigenvalue weighted by Crippen LogP contribution is 2.35. The van der Waals surface area contributed by atoms with Crippen LogP contribution >= 0.6 is 27.3 Å². The van der Waals surface area contributed by atoms with E-state index in [2.05, 4.69) is 15.9 Å². The van der Waals surface area contributed by atoms with E-state index in [4.69, 9.17) is 5.11 Å². The molecule has 1 aromatic carbocycles. The molecule has 0 aliphatic carbocycles. The summed E-state index contributed by atoms with van der Waals surface area (Å²) in [6.07, 6.45) is 0. The number of hydrogen-bond acceptors (Lipinski definition) is 2. The Morgan fingerprint density at radius 2 is 2.00 bits per heavy atom. The van der Waals surface area contributed by atoms with Gasteiger partial charge in [-0.1, -0.05) is 0 Å². The summed E-state index contributed by atoms with van der Waals surface area (Å²) in [6.45, 7) is 0. The lowest BCUT2D eigenvalue weighted by Crippen LogP contribution is -1.98. The minimum Gasteiger partial charge on any atom is -0.477 e. The Hall–Kier alpha value is -1.27. The van der Waals surface area contributed by atoms with Crippen molar-refractivity contribution in [3.8, 4) is 11.1 Å². The number of rotatable bonds is 2. The normalized spacial score (nSPS) is 10.5. The fourth-order valence-electron chi connectivity index (χ4n) is 1.45. The minimum atomic E-state index is -1.20. The molecule has 2 aromatic rings.